The molecule has 0 heterocycles. The average Bonchev–Trinajstić information content (AvgIpc) is 2.47. The molecule has 1 aromatic carbocycles. The molecule has 22 heavy (non-hydrogen) atoms. The van der Waals surface area contributed by atoms with Gasteiger partial charge in [-0.2, -0.15) is 0 Å². The number of hydrogen-bond acceptors (Lipinski definition) is 5. The lowest BCUT2D eigenvalue weighted by Crippen LogP contribution is -2.44. The zero-order valence-corrected chi connectivity index (χ0v) is 12.9. The molecule has 0 aromatic heterocycles. The Balaban J connectivity index is 1.89. The number of benzene rings is 1. The highest BCUT2D eigenvalue weighted by atomic mass is 32.2. The van der Waals surface area contributed by atoms with E-state index in [1.54, 1.807) is 12.1 Å². The van der Waals surface area contributed by atoms with Crippen molar-refractivity contribution in [2.45, 2.75) is 42.8 Å². The van der Waals surface area contributed by atoms with Gasteiger partial charge in [-0.05, 0) is 37.0 Å². The Bertz CT molecular complexity index is 630. The van der Waals surface area contributed by atoms with E-state index in [0.717, 1.165) is 5.56 Å². The zero-order valence-electron chi connectivity index (χ0n) is 12.1. The lowest BCUT2D eigenvalue weighted by molar-refractivity contribution is -0.127. The molecule has 0 aliphatic heterocycles. The highest BCUT2D eigenvalue weighted by Gasteiger charge is 2.30. The van der Waals surface area contributed by atoms with E-state index in [-0.39, 0.29) is 22.8 Å². The van der Waals surface area contributed by atoms with Crippen LogP contribution in [0.2, 0.25) is 0 Å². The normalized spacial score (nSPS) is 25.7. The number of hydrogen-bond donors (Lipinski definition) is 4. The zero-order chi connectivity index (χ0) is 16.3. The molecule has 6 N–H and O–H groups in total. The van der Waals surface area contributed by atoms with E-state index in [0.29, 0.717) is 25.8 Å². The van der Waals surface area contributed by atoms with Gasteiger partial charge in [0.25, 0.3) is 0 Å². The lowest BCUT2D eigenvalue weighted by atomic mass is 9.84. The molecule has 0 bridgehead atoms. The number of carbonyl (C=O) groups excluding carboxylic acids is 1. The third-order valence-electron chi connectivity index (χ3n) is 3.96. The van der Waals surface area contributed by atoms with E-state index < -0.39 is 16.1 Å². The van der Waals surface area contributed by atoms with Crippen LogP contribution in [0.3, 0.4) is 0 Å². The fourth-order valence-corrected chi connectivity index (χ4v) is 3.05. The molecule has 8 heteroatoms. The van der Waals surface area contributed by atoms with Crippen molar-refractivity contribution in [3.05, 3.63) is 29.8 Å². The molecule has 122 valence electrons. The Labute approximate surface area is 129 Å². The molecule has 1 saturated carbocycles. The van der Waals surface area contributed by atoms with Gasteiger partial charge < -0.3 is 16.2 Å². The monoisotopic (exact) mass is 327 g/mol. The summed E-state index contributed by atoms with van der Waals surface area (Å²) in [5, 5.41) is 17.5. The van der Waals surface area contributed by atoms with E-state index in [1.165, 1.54) is 12.1 Å². The van der Waals surface area contributed by atoms with Gasteiger partial charge in [-0.3, -0.25) is 4.79 Å². The van der Waals surface area contributed by atoms with Crippen LogP contribution in [0, 0.1) is 5.92 Å². The molecule has 1 aliphatic rings. The van der Waals surface area contributed by atoms with Crippen LogP contribution in [0.4, 0.5) is 0 Å². The second-order valence-corrected chi connectivity index (χ2v) is 7.21. The summed E-state index contributed by atoms with van der Waals surface area (Å²) in [5.74, 6) is -0.361. The van der Waals surface area contributed by atoms with Crippen molar-refractivity contribution in [3.8, 4) is 0 Å². The first kappa shape index (κ1) is 16.9. The van der Waals surface area contributed by atoms with Crippen molar-refractivity contribution in [3.63, 3.8) is 0 Å². The summed E-state index contributed by atoms with van der Waals surface area (Å²) in [6.45, 7) is 0.294. The van der Waals surface area contributed by atoms with E-state index in [9.17, 15) is 18.3 Å². The Morgan fingerprint density at radius 2 is 1.91 bits per heavy atom. The SMILES string of the molecule is N[C@@H]1CC[C@H](C(=O)NCc2ccc(S(N)(=O)=O)cc2)C[C@H]1O. The summed E-state index contributed by atoms with van der Waals surface area (Å²) >= 11 is 0. The average molecular weight is 327 g/mol. The van der Waals surface area contributed by atoms with Gasteiger partial charge in [-0.25, -0.2) is 13.6 Å². The van der Waals surface area contributed by atoms with Gasteiger partial charge >= 0.3 is 0 Å². The van der Waals surface area contributed by atoms with Crippen LogP contribution in [0.15, 0.2) is 29.2 Å². The summed E-state index contributed by atoms with van der Waals surface area (Å²) in [4.78, 5) is 12.1. The smallest absolute Gasteiger partial charge is 0.238 e. The Hall–Kier alpha value is -1.48. The first-order valence-electron chi connectivity index (χ1n) is 7.10. The van der Waals surface area contributed by atoms with Crippen LogP contribution < -0.4 is 16.2 Å². The van der Waals surface area contributed by atoms with Crippen LogP contribution >= 0.6 is 0 Å². The molecule has 0 radical (unpaired) electrons. The molecule has 0 spiro atoms. The van der Waals surface area contributed by atoms with E-state index >= 15 is 0 Å². The van der Waals surface area contributed by atoms with Crippen LogP contribution in [0.1, 0.15) is 24.8 Å². The fraction of sp³-hybridized carbons (Fsp3) is 0.500. The van der Waals surface area contributed by atoms with Gasteiger partial charge in [0.1, 0.15) is 0 Å². The molecule has 7 nitrogen and oxygen atoms in total. The first-order valence-corrected chi connectivity index (χ1v) is 8.65. The van der Waals surface area contributed by atoms with Gasteiger partial charge in [0, 0.05) is 18.5 Å². The predicted octanol–water partition coefficient (Wildman–Crippen LogP) is -0.561. The van der Waals surface area contributed by atoms with Gasteiger partial charge in [-0.1, -0.05) is 12.1 Å². The third-order valence-corrected chi connectivity index (χ3v) is 4.89. The maximum absolute atomic E-state index is 12.1. The summed E-state index contributed by atoms with van der Waals surface area (Å²) in [5.41, 5.74) is 6.49. The van der Waals surface area contributed by atoms with Gasteiger partial charge in [-0.15, -0.1) is 0 Å². The van der Waals surface area contributed by atoms with Crippen molar-refractivity contribution in [1.82, 2.24) is 5.32 Å². The summed E-state index contributed by atoms with van der Waals surface area (Å²) in [7, 11) is -3.71. The molecule has 1 aromatic rings. The molecule has 1 fully saturated rings. The molecule has 0 saturated heterocycles. The minimum Gasteiger partial charge on any atom is -0.391 e. The molecular weight excluding hydrogens is 306 g/mol. The lowest BCUT2D eigenvalue weighted by Gasteiger charge is -2.29. The summed E-state index contributed by atoms with van der Waals surface area (Å²) in [6.07, 6.45) is 1.02. The highest BCUT2D eigenvalue weighted by molar-refractivity contribution is 7.89. The van der Waals surface area contributed by atoms with E-state index in [1.807, 2.05) is 0 Å². The third kappa shape index (κ3) is 4.26. The van der Waals surface area contributed by atoms with Crippen molar-refractivity contribution in [1.29, 1.82) is 0 Å². The number of nitrogens with one attached hydrogen (secondary N) is 1. The van der Waals surface area contributed by atoms with Crippen molar-refractivity contribution >= 4 is 15.9 Å². The number of primary sulfonamides is 1. The topological polar surface area (TPSA) is 136 Å². The van der Waals surface area contributed by atoms with Crippen LogP contribution in [-0.4, -0.2) is 31.6 Å². The van der Waals surface area contributed by atoms with Gasteiger partial charge in [0.05, 0.1) is 11.0 Å². The number of sulfonamides is 1. The number of rotatable bonds is 4. The van der Waals surface area contributed by atoms with Crippen molar-refractivity contribution in [2.75, 3.05) is 0 Å². The number of amides is 1. The van der Waals surface area contributed by atoms with E-state index in [4.69, 9.17) is 10.9 Å². The number of nitrogens with two attached hydrogens (primary N) is 2. The minimum atomic E-state index is -3.71. The van der Waals surface area contributed by atoms with E-state index in [2.05, 4.69) is 5.32 Å². The maximum atomic E-state index is 12.1. The Kier molecular flexibility index (Phi) is 5.17. The van der Waals surface area contributed by atoms with Crippen LogP contribution in [0.5, 0.6) is 0 Å². The summed E-state index contributed by atoms with van der Waals surface area (Å²) < 4.78 is 22.3. The highest BCUT2D eigenvalue weighted by Crippen LogP contribution is 2.23. The molecule has 0 unspecified atom stereocenters. The Morgan fingerprint density at radius 3 is 2.45 bits per heavy atom. The largest absolute Gasteiger partial charge is 0.391 e. The fourth-order valence-electron chi connectivity index (χ4n) is 2.54. The standard InChI is InChI=1S/C14H21N3O4S/c15-12-6-3-10(7-13(12)18)14(19)17-8-9-1-4-11(5-2-9)22(16,20)21/h1-2,4-5,10,12-13,18H,3,6-8,15H2,(H,17,19)(H2,16,20,21)/t10-,12+,13+/m0/s1. The summed E-state index contributed by atoms with van der Waals surface area (Å²) in [6, 6.07) is 5.76. The predicted molar refractivity (Wildman–Crippen MR) is 81.0 cm³/mol. The number of carbonyl (C=O) groups is 1. The molecule has 1 amide bonds. The van der Waals surface area contributed by atoms with Gasteiger partial charge in [0.15, 0.2) is 0 Å². The number of aliphatic hydroxyl groups excluding tert-OH is 1. The second-order valence-electron chi connectivity index (χ2n) is 5.65. The number of aliphatic hydroxyl groups is 1. The van der Waals surface area contributed by atoms with Gasteiger partial charge in [0.2, 0.25) is 15.9 Å². The Morgan fingerprint density at radius 1 is 1.27 bits per heavy atom. The van der Waals surface area contributed by atoms with Crippen molar-refractivity contribution < 1.29 is 18.3 Å². The molecule has 1 aliphatic carbocycles. The second kappa shape index (κ2) is 6.74. The van der Waals surface area contributed by atoms with Crippen LogP contribution in [0.25, 0.3) is 0 Å². The molecular formula is C14H21N3O4S. The van der Waals surface area contributed by atoms with Crippen LogP contribution in [-0.2, 0) is 21.4 Å². The molecule has 2 rings (SSSR count). The maximum Gasteiger partial charge on any atom is 0.238 e. The quantitative estimate of drug-likeness (QED) is 0.588. The molecule has 3 atom stereocenters. The first-order chi connectivity index (χ1) is 10.3. The van der Waals surface area contributed by atoms with Crippen molar-refractivity contribution in [2.24, 2.45) is 16.8 Å². The minimum absolute atomic E-state index is 0.0342.